The summed E-state index contributed by atoms with van der Waals surface area (Å²) in [6.07, 6.45) is 8.94. The molecule has 0 radical (unpaired) electrons. The summed E-state index contributed by atoms with van der Waals surface area (Å²) in [5.74, 6) is 1.01. The van der Waals surface area contributed by atoms with E-state index in [4.69, 9.17) is 0 Å². The lowest BCUT2D eigenvalue weighted by atomic mass is 9.88. The van der Waals surface area contributed by atoms with Crippen molar-refractivity contribution in [2.75, 3.05) is 19.6 Å². The third kappa shape index (κ3) is 3.18. The second-order valence-corrected chi connectivity index (χ2v) is 5.96. The summed E-state index contributed by atoms with van der Waals surface area (Å²) in [5.41, 5.74) is 1.01. The summed E-state index contributed by atoms with van der Waals surface area (Å²) in [6.45, 7) is 3.01. The first kappa shape index (κ1) is 13.6. The molecule has 2 aliphatic heterocycles. The van der Waals surface area contributed by atoms with Crippen LogP contribution in [0.1, 0.15) is 31.2 Å². The number of piperidine rings is 1. The van der Waals surface area contributed by atoms with Crippen LogP contribution in [0.2, 0.25) is 0 Å². The molecule has 0 bridgehead atoms. The van der Waals surface area contributed by atoms with E-state index in [2.05, 4.69) is 10.3 Å². The molecule has 3 heterocycles. The normalized spacial score (nSPS) is 24.0. The molecule has 1 unspecified atom stereocenters. The zero-order chi connectivity index (χ0) is 13.8. The Kier molecular flexibility index (Phi) is 4.31. The number of hydrogen-bond donors (Lipinski definition) is 1. The lowest BCUT2D eigenvalue weighted by Gasteiger charge is -2.35. The molecule has 0 spiro atoms. The van der Waals surface area contributed by atoms with Crippen LogP contribution >= 0.6 is 0 Å². The number of nitrogens with zero attached hydrogens (tertiary/aromatic N) is 2. The van der Waals surface area contributed by atoms with E-state index in [0.29, 0.717) is 12.5 Å². The first-order valence-corrected chi connectivity index (χ1v) is 7.73. The predicted octanol–water partition coefficient (Wildman–Crippen LogP) is 1.61. The molecule has 3 rings (SSSR count). The first-order valence-electron chi connectivity index (χ1n) is 7.73. The number of rotatable bonds is 3. The zero-order valence-electron chi connectivity index (χ0n) is 11.9. The second-order valence-electron chi connectivity index (χ2n) is 5.96. The van der Waals surface area contributed by atoms with Gasteiger partial charge in [0.25, 0.3) is 0 Å². The molecular formula is C16H23N3O. The zero-order valence-corrected chi connectivity index (χ0v) is 11.9. The van der Waals surface area contributed by atoms with Crippen molar-refractivity contribution in [2.45, 2.75) is 38.1 Å². The van der Waals surface area contributed by atoms with Crippen molar-refractivity contribution < 1.29 is 4.79 Å². The van der Waals surface area contributed by atoms with E-state index in [1.165, 1.54) is 19.4 Å². The van der Waals surface area contributed by atoms with Crippen LogP contribution in [0, 0.1) is 5.92 Å². The largest absolute Gasteiger partial charge is 0.342 e. The standard InChI is InChI=1S/C16H23N3O/c20-16(11-13-3-1-7-17-12-13)19-9-5-14(6-10-19)15-4-2-8-18-15/h1,3,7,12,14-15,18H,2,4-6,8-11H2. The lowest BCUT2D eigenvalue weighted by Crippen LogP contribution is -2.43. The highest BCUT2D eigenvalue weighted by molar-refractivity contribution is 5.78. The first-order chi connectivity index (χ1) is 9.83. The van der Waals surface area contributed by atoms with Gasteiger partial charge in [-0.2, -0.15) is 0 Å². The number of carbonyl (C=O) groups excluding carboxylic acids is 1. The Morgan fingerprint density at radius 3 is 2.85 bits per heavy atom. The van der Waals surface area contributed by atoms with Crippen LogP contribution in [-0.4, -0.2) is 41.5 Å². The molecule has 4 nitrogen and oxygen atoms in total. The second kappa shape index (κ2) is 6.35. The molecule has 1 N–H and O–H groups in total. The van der Waals surface area contributed by atoms with E-state index in [0.717, 1.165) is 37.4 Å². The molecule has 0 aliphatic carbocycles. The lowest BCUT2D eigenvalue weighted by molar-refractivity contribution is -0.132. The molecule has 1 aromatic rings. The highest BCUT2D eigenvalue weighted by Crippen LogP contribution is 2.25. The summed E-state index contributed by atoms with van der Waals surface area (Å²) in [4.78, 5) is 18.4. The molecule has 1 amide bonds. The van der Waals surface area contributed by atoms with Gasteiger partial charge in [0.1, 0.15) is 0 Å². The van der Waals surface area contributed by atoms with E-state index >= 15 is 0 Å². The average molecular weight is 273 g/mol. The molecule has 2 saturated heterocycles. The Hall–Kier alpha value is -1.42. The fourth-order valence-corrected chi connectivity index (χ4v) is 3.45. The summed E-state index contributed by atoms with van der Waals surface area (Å²) in [5, 5.41) is 3.60. The monoisotopic (exact) mass is 273 g/mol. The number of aromatic nitrogens is 1. The van der Waals surface area contributed by atoms with Crippen LogP contribution < -0.4 is 5.32 Å². The van der Waals surface area contributed by atoms with Gasteiger partial charge in [0.2, 0.25) is 5.91 Å². The van der Waals surface area contributed by atoms with Crippen LogP contribution in [0.4, 0.5) is 0 Å². The molecule has 1 aromatic heterocycles. The van der Waals surface area contributed by atoms with Crippen LogP contribution in [-0.2, 0) is 11.2 Å². The predicted molar refractivity (Wildman–Crippen MR) is 78.3 cm³/mol. The minimum absolute atomic E-state index is 0.246. The number of pyridine rings is 1. The maximum Gasteiger partial charge on any atom is 0.227 e. The molecule has 0 saturated carbocycles. The van der Waals surface area contributed by atoms with Crippen molar-refractivity contribution in [3.8, 4) is 0 Å². The number of hydrogen-bond acceptors (Lipinski definition) is 3. The Bertz CT molecular complexity index is 434. The van der Waals surface area contributed by atoms with Gasteiger partial charge in [-0.15, -0.1) is 0 Å². The van der Waals surface area contributed by atoms with Crippen molar-refractivity contribution in [3.63, 3.8) is 0 Å². The maximum absolute atomic E-state index is 12.3. The van der Waals surface area contributed by atoms with Crippen LogP contribution in [0.5, 0.6) is 0 Å². The van der Waals surface area contributed by atoms with E-state index in [1.54, 1.807) is 12.4 Å². The van der Waals surface area contributed by atoms with Crippen molar-refractivity contribution >= 4 is 5.91 Å². The quantitative estimate of drug-likeness (QED) is 0.910. The van der Waals surface area contributed by atoms with Gasteiger partial charge in [-0.05, 0) is 49.8 Å². The van der Waals surface area contributed by atoms with E-state index < -0.39 is 0 Å². The Morgan fingerprint density at radius 2 is 2.20 bits per heavy atom. The van der Waals surface area contributed by atoms with Gasteiger partial charge in [-0.3, -0.25) is 9.78 Å². The SMILES string of the molecule is O=C(Cc1cccnc1)N1CCC(C2CCCN2)CC1. The summed E-state index contributed by atoms with van der Waals surface area (Å²) in [7, 11) is 0. The summed E-state index contributed by atoms with van der Waals surface area (Å²) >= 11 is 0. The fourth-order valence-electron chi connectivity index (χ4n) is 3.45. The van der Waals surface area contributed by atoms with Crippen LogP contribution in [0.3, 0.4) is 0 Å². The van der Waals surface area contributed by atoms with E-state index in [-0.39, 0.29) is 5.91 Å². The molecule has 4 heteroatoms. The highest BCUT2D eigenvalue weighted by Gasteiger charge is 2.29. The molecule has 2 fully saturated rings. The number of likely N-dealkylation sites (tertiary alicyclic amines) is 1. The van der Waals surface area contributed by atoms with Gasteiger partial charge in [0.15, 0.2) is 0 Å². The highest BCUT2D eigenvalue weighted by atomic mass is 16.2. The molecule has 1 atom stereocenters. The van der Waals surface area contributed by atoms with Crippen molar-refractivity contribution in [2.24, 2.45) is 5.92 Å². The van der Waals surface area contributed by atoms with Crippen LogP contribution in [0.15, 0.2) is 24.5 Å². The van der Waals surface area contributed by atoms with E-state index in [9.17, 15) is 4.79 Å². The van der Waals surface area contributed by atoms with Crippen LogP contribution in [0.25, 0.3) is 0 Å². The van der Waals surface area contributed by atoms with Crippen molar-refractivity contribution in [3.05, 3.63) is 30.1 Å². The molecule has 108 valence electrons. The fraction of sp³-hybridized carbons (Fsp3) is 0.625. The third-order valence-corrected chi connectivity index (χ3v) is 4.64. The van der Waals surface area contributed by atoms with Gasteiger partial charge >= 0.3 is 0 Å². The summed E-state index contributed by atoms with van der Waals surface area (Å²) in [6, 6.07) is 4.56. The minimum atomic E-state index is 0.246. The van der Waals surface area contributed by atoms with Crippen molar-refractivity contribution in [1.29, 1.82) is 0 Å². The number of carbonyl (C=O) groups is 1. The Labute approximate surface area is 120 Å². The van der Waals surface area contributed by atoms with Gasteiger partial charge in [0.05, 0.1) is 6.42 Å². The minimum Gasteiger partial charge on any atom is -0.342 e. The molecule has 2 aliphatic rings. The van der Waals surface area contributed by atoms with Gasteiger partial charge in [0, 0.05) is 31.5 Å². The number of nitrogens with one attached hydrogen (secondary N) is 1. The van der Waals surface area contributed by atoms with E-state index in [1.807, 2.05) is 17.0 Å². The molecular weight excluding hydrogens is 250 g/mol. The van der Waals surface area contributed by atoms with Crippen molar-refractivity contribution in [1.82, 2.24) is 15.2 Å². The Morgan fingerprint density at radius 1 is 1.35 bits per heavy atom. The maximum atomic E-state index is 12.3. The third-order valence-electron chi connectivity index (χ3n) is 4.64. The van der Waals surface area contributed by atoms with Gasteiger partial charge in [-0.1, -0.05) is 6.07 Å². The average Bonchev–Trinajstić information content (AvgIpc) is 3.03. The Balaban J connectivity index is 1.49. The van der Waals surface area contributed by atoms with Gasteiger partial charge in [-0.25, -0.2) is 0 Å². The smallest absolute Gasteiger partial charge is 0.227 e. The molecule has 0 aromatic carbocycles. The number of amides is 1. The molecule has 20 heavy (non-hydrogen) atoms. The topological polar surface area (TPSA) is 45.2 Å². The summed E-state index contributed by atoms with van der Waals surface area (Å²) < 4.78 is 0. The van der Waals surface area contributed by atoms with Gasteiger partial charge < -0.3 is 10.2 Å².